The van der Waals surface area contributed by atoms with Crippen molar-refractivity contribution in [2.75, 3.05) is 26.5 Å². The van der Waals surface area contributed by atoms with Gasteiger partial charge < -0.3 is 19.9 Å². The van der Waals surface area contributed by atoms with Crippen molar-refractivity contribution in [3.8, 4) is 11.5 Å². The van der Waals surface area contributed by atoms with Gasteiger partial charge in [0.15, 0.2) is 11.5 Å². The zero-order chi connectivity index (χ0) is 11.7. The number of fused-ring (bicyclic) bond motifs is 1. The summed E-state index contributed by atoms with van der Waals surface area (Å²) in [4.78, 5) is 0. The number of ether oxygens (including phenoxy) is 2. The van der Waals surface area contributed by atoms with Crippen LogP contribution in [0.5, 0.6) is 11.5 Å². The molecule has 0 aromatic heterocycles. The molecule has 1 fully saturated rings. The Bertz CT molecular complexity index is 413. The average Bonchev–Trinajstić information content (AvgIpc) is 2.96. The molecule has 4 heteroatoms. The van der Waals surface area contributed by atoms with E-state index in [0.717, 1.165) is 37.4 Å². The summed E-state index contributed by atoms with van der Waals surface area (Å²) >= 11 is 0. The summed E-state index contributed by atoms with van der Waals surface area (Å²) in [6.07, 6.45) is 1.85. The standard InChI is InChI=1S/C13H17NO3/c15-6-4-13(3-5-14-8-13)10-1-2-11-12(7-10)17-9-16-11/h1-2,7,14-15H,3-6,8-9H2. The summed E-state index contributed by atoms with van der Waals surface area (Å²) in [7, 11) is 0. The van der Waals surface area contributed by atoms with E-state index in [0.29, 0.717) is 6.79 Å². The van der Waals surface area contributed by atoms with Gasteiger partial charge in [-0.15, -0.1) is 0 Å². The molecule has 2 aliphatic rings. The van der Waals surface area contributed by atoms with E-state index in [1.54, 1.807) is 0 Å². The van der Waals surface area contributed by atoms with E-state index in [9.17, 15) is 5.11 Å². The molecule has 2 aliphatic heterocycles. The monoisotopic (exact) mass is 235 g/mol. The fourth-order valence-corrected chi connectivity index (χ4v) is 2.79. The van der Waals surface area contributed by atoms with Crippen molar-refractivity contribution >= 4 is 0 Å². The van der Waals surface area contributed by atoms with Gasteiger partial charge in [0.1, 0.15) is 0 Å². The van der Waals surface area contributed by atoms with Crippen molar-refractivity contribution < 1.29 is 14.6 Å². The van der Waals surface area contributed by atoms with E-state index in [2.05, 4.69) is 17.4 Å². The maximum atomic E-state index is 9.26. The quantitative estimate of drug-likeness (QED) is 0.821. The molecule has 2 heterocycles. The van der Waals surface area contributed by atoms with Crippen LogP contribution < -0.4 is 14.8 Å². The zero-order valence-corrected chi connectivity index (χ0v) is 9.74. The molecule has 3 rings (SSSR count). The van der Waals surface area contributed by atoms with Gasteiger partial charge in [-0.05, 0) is 37.1 Å². The summed E-state index contributed by atoms with van der Waals surface area (Å²) in [6.45, 7) is 2.46. The first-order valence-electron chi connectivity index (χ1n) is 6.06. The number of hydrogen-bond donors (Lipinski definition) is 2. The van der Waals surface area contributed by atoms with E-state index < -0.39 is 0 Å². The van der Waals surface area contributed by atoms with Gasteiger partial charge >= 0.3 is 0 Å². The van der Waals surface area contributed by atoms with Crippen LogP contribution in [0, 0.1) is 0 Å². The first-order chi connectivity index (χ1) is 8.34. The van der Waals surface area contributed by atoms with Crippen LogP contribution in [0.3, 0.4) is 0 Å². The molecular formula is C13H17NO3. The Balaban J connectivity index is 1.96. The molecule has 1 aromatic carbocycles. The molecule has 0 spiro atoms. The maximum Gasteiger partial charge on any atom is 0.231 e. The minimum Gasteiger partial charge on any atom is -0.454 e. The molecule has 4 nitrogen and oxygen atoms in total. The zero-order valence-electron chi connectivity index (χ0n) is 9.74. The highest BCUT2D eigenvalue weighted by Crippen LogP contribution is 2.40. The SMILES string of the molecule is OCCC1(c2ccc3c(c2)OCO3)CCNC1. The molecule has 1 saturated heterocycles. The Hall–Kier alpha value is -1.26. The van der Waals surface area contributed by atoms with Gasteiger partial charge in [-0.25, -0.2) is 0 Å². The minimum atomic E-state index is 0.0513. The highest BCUT2D eigenvalue weighted by molar-refractivity contribution is 5.47. The molecule has 0 aliphatic carbocycles. The van der Waals surface area contributed by atoms with Gasteiger partial charge in [0.2, 0.25) is 6.79 Å². The molecule has 0 bridgehead atoms. The number of benzene rings is 1. The highest BCUT2D eigenvalue weighted by Gasteiger charge is 2.35. The fraction of sp³-hybridized carbons (Fsp3) is 0.538. The van der Waals surface area contributed by atoms with Crippen molar-refractivity contribution in [3.63, 3.8) is 0 Å². The van der Waals surface area contributed by atoms with E-state index >= 15 is 0 Å². The Morgan fingerprint density at radius 3 is 2.94 bits per heavy atom. The van der Waals surface area contributed by atoms with E-state index in [4.69, 9.17) is 9.47 Å². The van der Waals surface area contributed by atoms with E-state index in [1.807, 2.05) is 6.07 Å². The average molecular weight is 235 g/mol. The lowest BCUT2D eigenvalue weighted by Gasteiger charge is -2.28. The number of aliphatic hydroxyl groups excluding tert-OH is 1. The van der Waals surface area contributed by atoms with Gasteiger partial charge in [-0.3, -0.25) is 0 Å². The first kappa shape index (κ1) is 10.9. The summed E-state index contributed by atoms with van der Waals surface area (Å²) in [5, 5.41) is 12.6. The van der Waals surface area contributed by atoms with E-state index in [1.165, 1.54) is 5.56 Å². The molecule has 0 amide bonds. The molecule has 92 valence electrons. The summed E-state index contributed by atoms with van der Waals surface area (Å²) in [5.41, 5.74) is 1.29. The predicted octanol–water partition coefficient (Wildman–Crippen LogP) is 1.03. The Labute approximate surface area is 101 Å². The van der Waals surface area contributed by atoms with Gasteiger partial charge in [0.25, 0.3) is 0 Å². The highest BCUT2D eigenvalue weighted by atomic mass is 16.7. The van der Waals surface area contributed by atoms with Crippen molar-refractivity contribution in [2.45, 2.75) is 18.3 Å². The molecule has 1 aromatic rings. The van der Waals surface area contributed by atoms with Gasteiger partial charge in [0, 0.05) is 18.6 Å². The second-order valence-electron chi connectivity index (χ2n) is 4.75. The predicted molar refractivity (Wildman–Crippen MR) is 63.4 cm³/mol. The van der Waals surface area contributed by atoms with Crippen LogP contribution in [0.15, 0.2) is 18.2 Å². The Morgan fingerprint density at radius 1 is 1.29 bits per heavy atom. The van der Waals surface area contributed by atoms with Crippen LogP contribution in [0.25, 0.3) is 0 Å². The topological polar surface area (TPSA) is 50.7 Å². The van der Waals surface area contributed by atoms with Gasteiger partial charge in [-0.1, -0.05) is 6.07 Å². The summed E-state index contributed by atoms with van der Waals surface area (Å²) in [6, 6.07) is 6.12. The molecule has 0 saturated carbocycles. The first-order valence-corrected chi connectivity index (χ1v) is 6.06. The van der Waals surface area contributed by atoms with Crippen molar-refractivity contribution in [2.24, 2.45) is 0 Å². The molecule has 2 N–H and O–H groups in total. The van der Waals surface area contributed by atoms with Crippen LogP contribution >= 0.6 is 0 Å². The fourth-order valence-electron chi connectivity index (χ4n) is 2.79. The summed E-state index contributed by atoms with van der Waals surface area (Å²) < 4.78 is 10.7. The van der Waals surface area contributed by atoms with E-state index in [-0.39, 0.29) is 12.0 Å². The van der Waals surface area contributed by atoms with Gasteiger partial charge in [-0.2, -0.15) is 0 Å². The largest absolute Gasteiger partial charge is 0.454 e. The summed E-state index contributed by atoms with van der Waals surface area (Å²) in [5.74, 6) is 1.64. The Morgan fingerprint density at radius 2 is 2.18 bits per heavy atom. The second-order valence-corrected chi connectivity index (χ2v) is 4.75. The van der Waals surface area contributed by atoms with Crippen molar-refractivity contribution in [3.05, 3.63) is 23.8 Å². The smallest absolute Gasteiger partial charge is 0.231 e. The van der Waals surface area contributed by atoms with Gasteiger partial charge in [0.05, 0.1) is 0 Å². The molecule has 1 atom stereocenters. The second kappa shape index (κ2) is 4.20. The van der Waals surface area contributed by atoms with Crippen molar-refractivity contribution in [1.29, 1.82) is 0 Å². The Kier molecular flexibility index (Phi) is 2.68. The molecule has 1 unspecified atom stereocenters. The third kappa shape index (κ3) is 1.77. The van der Waals surface area contributed by atoms with Crippen LogP contribution in [0.2, 0.25) is 0 Å². The number of rotatable bonds is 3. The number of nitrogens with one attached hydrogen (secondary N) is 1. The lowest BCUT2D eigenvalue weighted by atomic mass is 9.77. The lowest BCUT2D eigenvalue weighted by Crippen LogP contribution is -2.30. The van der Waals surface area contributed by atoms with Crippen LogP contribution in [-0.4, -0.2) is 31.6 Å². The number of hydrogen-bond acceptors (Lipinski definition) is 4. The molecular weight excluding hydrogens is 218 g/mol. The van der Waals surface area contributed by atoms with Crippen LogP contribution in [-0.2, 0) is 5.41 Å². The maximum absolute atomic E-state index is 9.26. The number of aliphatic hydroxyl groups is 1. The van der Waals surface area contributed by atoms with Crippen LogP contribution in [0.1, 0.15) is 18.4 Å². The molecule has 17 heavy (non-hydrogen) atoms. The lowest BCUT2D eigenvalue weighted by molar-refractivity contribution is 0.174. The third-order valence-corrected chi connectivity index (χ3v) is 3.82. The molecule has 0 radical (unpaired) electrons. The normalized spacial score (nSPS) is 26.4. The third-order valence-electron chi connectivity index (χ3n) is 3.82. The van der Waals surface area contributed by atoms with Crippen molar-refractivity contribution in [1.82, 2.24) is 5.32 Å². The van der Waals surface area contributed by atoms with Crippen LogP contribution in [0.4, 0.5) is 0 Å². The minimum absolute atomic E-state index is 0.0513.